The highest BCUT2D eigenvalue weighted by Crippen LogP contribution is 2.19. The number of carbonyl (C=O) groups is 2. The number of carbonyl (C=O) groups excluding carboxylic acids is 2. The van der Waals surface area contributed by atoms with E-state index in [0.717, 1.165) is 44.9 Å². The van der Waals surface area contributed by atoms with Crippen molar-refractivity contribution in [1.82, 2.24) is 0 Å². The molecule has 0 spiro atoms. The summed E-state index contributed by atoms with van der Waals surface area (Å²) in [7, 11) is 0. The molecule has 1 aromatic rings. The molecule has 7 nitrogen and oxygen atoms in total. The molecule has 0 amide bonds. The van der Waals surface area contributed by atoms with Gasteiger partial charge in [0.05, 0.1) is 11.5 Å². The molecule has 0 unspecified atom stereocenters. The maximum Gasteiger partial charge on any atom is 0.311 e. The fourth-order valence-corrected chi connectivity index (χ4v) is 8.00. The monoisotopic (exact) mass is 878 g/mol. The Hall–Kier alpha value is -3.22. The molecular formula is C56H95NO6. The fourth-order valence-electron chi connectivity index (χ4n) is 8.00. The molecular weight excluding hydrogens is 783 g/mol. The van der Waals surface area contributed by atoms with Crippen LogP contribution in [0.15, 0.2) is 60.7 Å². The molecule has 360 valence electrons. The van der Waals surface area contributed by atoms with E-state index in [4.69, 9.17) is 9.47 Å². The highest BCUT2D eigenvalue weighted by molar-refractivity contribution is 5.72. The molecule has 0 aliphatic rings. The Bertz CT molecular complexity index is 1270. The van der Waals surface area contributed by atoms with Gasteiger partial charge in [0.25, 0.3) is 5.69 Å². The summed E-state index contributed by atoms with van der Waals surface area (Å²) in [4.78, 5) is 34.3. The topological polar surface area (TPSA) is 95.7 Å². The molecule has 0 aliphatic heterocycles. The second-order valence-corrected chi connectivity index (χ2v) is 18.1. The zero-order valence-corrected chi connectivity index (χ0v) is 40.7. The third-order valence-corrected chi connectivity index (χ3v) is 12.1. The van der Waals surface area contributed by atoms with Gasteiger partial charge < -0.3 is 9.47 Å². The zero-order valence-electron chi connectivity index (χ0n) is 40.7. The van der Waals surface area contributed by atoms with Gasteiger partial charge in [-0.1, -0.05) is 210 Å². The number of nitrogens with zero attached hydrogens (tertiary/aromatic N) is 1. The second-order valence-electron chi connectivity index (χ2n) is 18.1. The number of nitro benzene ring substituents is 1. The van der Waals surface area contributed by atoms with Crippen molar-refractivity contribution in [1.29, 1.82) is 0 Å². The first kappa shape index (κ1) is 57.8. The minimum Gasteiger partial charge on any atom is -0.466 e. The van der Waals surface area contributed by atoms with Gasteiger partial charge in [0.15, 0.2) is 0 Å². The predicted molar refractivity (Wildman–Crippen MR) is 267 cm³/mol. The molecule has 0 fully saturated rings. The molecule has 0 atom stereocenters. The van der Waals surface area contributed by atoms with Crippen LogP contribution >= 0.6 is 0 Å². The van der Waals surface area contributed by atoms with E-state index in [1.807, 2.05) is 0 Å². The second kappa shape index (κ2) is 46.8. The van der Waals surface area contributed by atoms with Gasteiger partial charge >= 0.3 is 11.9 Å². The van der Waals surface area contributed by atoms with Gasteiger partial charge in [-0.25, -0.2) is 0 Å². The SMILES string of the molecule is CCCCC/C=C\C/C=C\CCCCCCCC(=O)OCCCCCCCC/C=C\CCCCCCCCCCCCCCCCCCCCCC(=O)Oc1ccc([N+](=O)[O-])cc1. The molecule has 0 radical (unpaired) electrons. The normalized spacial score (nSPS) is 11.7. The van der Waals surface area contributed by atoms with Gasteiger partial charge in [-0.2, -0.15) is 0 Å². The van der Waals surface area contributed by atoms with Gasteiger partial charge in [0.2, 0.25) is 0 Å². The maximum atomic E-state index is 12.0. The lowest BCUT2D eigenvalue weighted by Crippen LogP contribution is -2.07. The first-order valence-corrected chi connectivity index (χ1v) is 26.6. The van der Waals surface area contributed by atoms with Gasteiger partial charge in [-0.05, 0) is 89.2 Å². The first-order chi connectivity index (χ1) is 31.0. The van der Waals surface area contributed by atoms with Crippen molar-refractivity contribution in [2.45, 2.75) is 264 Å². The summed E-state index contributed by atoms with van der Waals surface area (Å²) < 4.78 is 10.7. The third kappa shape index (κ3) is 42.5. The molecule has 0 saturated heterocycles. The van der Waals surface area contributed by atoms with Gasteiger partial charge in [-0.3, -0.25) is 19.7 Å². The Morgan fingerprint density at radius 2 is 0.778 bits per heavy atom. The van der Waals surface area contributed by atoms with Crippen molar-refractivity contribution >= 4 is 17.6 Å². The van der Waals surface area contributed by atoms with E-state index in [0.29, 0.717) is 25.2 Å². The van der Waals surface area contributed by atoms with Crippen LogP contribution in [-0.4, -0.2) is 23.5 Å². The third-order valence-electron chi connectivity index (χ3n) is 12.1. The van der Waals surface area contributed by atoms with E-state index in [1.54, 1.807) is 0 Å². The average molecular weight is 878 g/mol. The first-order valence-electron chi connectivity index (χ1n) is 26.6. The number of esters is 2. The van der Waals surface area contributed by atoms with E-state index in [2.05, 4.69) is 43.4 Å². The Morgan fingerprint density at radius 3 is 1.17 bits per heavy atom. The summed E-state index contributed by atoms with van der Waals surface area (Å²) in [6, 6.07) is 5.64. The summed E-state index contributed by atoms with van der Waals surface area (Å²) >= 11 is 0. The van der Waals surface area contributed by atoms with Gasteiger partial charge in [-0.15, -0.1) is 0 Å². The Labute approximate surface area is 387 Å². The maximum absolute atomic E-state index is 12.0. The molecule has 0 aromatic heterocycles. The van der Waals surface area contributed by atoms with Crippen LogP contribution in [0.25, 0.3) is 0 Å². The van der Waals surface area contributed by atoms with Crippen LogP contribution in [0.3, 0.4) is 0 Å². The Morgan fingerprint density at radius 1 is 0.444 bits per heavy atom. The van der Waals surface area contributed by atoms with Crippen molar-refractivity contribution in [3.63, 3.8) is 0 Å². The summed E-state index contributed by atoms with van der Waals surface area (Å²) in [6.07, 6.45) is 62.9. The zero-order chi connectivity index (χ0) is 45.4. The average Bonchev–Trinajstić information content (AvgIpc) is 3.28. The molecule has 7 heteroatoms. The smallest absolute Gasteiger partial charge is 0.311 e. The van der Waals surface area contributed by atoms with E-state index in [-0.39, 0.29) is 17.6 Å². The number of benzene rings is 1. The number of rotatable bonds is 47. The lowest BCUT2D eigenvalue weighted by molar-refractivity contribution is -0.384. The molecule has 1 rings (SSSR count). The summed E-state index contributed by atoms with van der Waals surface area (Å²) in [5, 5.41) is 10.7. The molecule has 1 aromatic carbocycles. The van der Waals surface area contributed by atoms with Crippen LogP contribution < -0.4 is 4.74 Å². The highest BCUT2D eigenvalue weighted by atomic mass is 16.6. The van der Waals surface area contributed by atoms with Crippen LogP contribution in [0, 0.1) is 10.1 Å². The molecule has 0 aliphatic carbocycles. The molecule has 0 saturated carbocycles. The standard InChI is InChI=1S/C56H95NO6/c1-2-3-4-5-6-7-8-9-25-28-31-34-37-40-43-46-55(58)62-52-45-42-39-36-33-30-27-24-22-20-18-16-14-12-10-11-13-15-17-19-21-23-26-29-32-35-38-41-44-47-56(59)63-54-50-48-53(49-51-54)57(60)61/h6-7,9,22,24-25,48-51H,2-5,8,10-21,23,26-47,52H2,1H3/b7-6-,24-22-,25-9-. The highest BCUT2D eigenvalue weighted by Gasteiger charge is 2.08. The summed E-state index contributed by atoms with van der Waals surface area (Å²) in [5.41, 5.74) is -0.00918. The van der Waals surface area contributed by atoms with E-state index in [9.17, 15) is 19.7 Å². The number of nitro groups is 1. The van der Waals surface area contributed by atoms with Gasteiger partial charge in [0.1, 0.15) is 5.75 Å². The van der Waals surface area contributed by atoms with Crippen molar-refractivity contribution in [3.8, 4) is 5.75 Å². The Kier molecular flexibility index (Phi) is 42.9. The van der Waals surface area contributed by atoms with Crippen molar-refractivity contribution in [2.24, 2.45) is 0 Å². The quantitative estimate of drug-likeness (QED) is 0.0162. The number of ether oxygens (including phenoxy) is 2. The number of hydrogen-bond acceptors (Lipinski definition) is 6. The van der Waals surface area contributed by atoms with Crippen molar-refractivity contribution < 1.29 is 24.0 Å². The van der Waals surface area contributed by atoms with Crippen molar-refractivity contribution in [2.75, 3.05) is 6.61 Å². The Balaban J connectivity index is 1.70. The van der Waals surface area contributed by atoms with E-state index in [1.165, 1.54) is 223 Å². The lowest BCUT2D eigenvalue weighted by Gasteiger charge is -2.05. The van der Waals surface area contributed by atoms with Crippen LogP contribution in [0.1, 0.15) is 264 Å². The molecule has 0 bridgehead atoms. The summed E-state index contributed by atoms with van der Waals surface area (Å²) in [5.74, 6) is 0.0828. The van der Waals surface area contributed by atoms with E-state index < -0.39 is 4.92 Å². The molecule has 0 heterocycles. The number of unbranched alkanes of at least 4 members (excludes halogenated alkanes) is 33. The largest absolute Gasteiger partial charge is 0.466 e. The summed E-state index contributed by atoms with van der Waals surface area (Å²) in [6.45, 7) is 2.85. The van der Waals surface area contributed by atoms with E-state index >= 15 is 0 Å². The number of non-ortho nitro benzene ring substituents is 1. The lowest BCUT2D eigenvalue weighted by atomic mass is 10.0. The van der Waals surface area contributed by atoms with Crippen LogP contribution in [-0.2, 0) is 14.3 Å². The van der Waals surface area contributed by atoms with Crippen molar-refractivity contribution in [3.05, 3.63) is 70.8 Å². The van der Waals surface area contributed by atoms with Crippen LogP contribution in [0.4, 0.5) is 5.69 Å². The van der Waals surface area contributed by atoms with Crippen LogP contribution in [0.2, 0.25) is 0 Å². The number of allylic oxidation sites excluding steroid dienone is 6. The number of hydrogen-bond donors (Lipinski definition) is 0. The minimum atomic E-state index is -0.465. The van der Waals surface area contributed by atoms with Gasteiger partial charge in [0, 0.05) is 25.0 Å². The van der Waals surface area contributed by atoms with Crippen LogP contribution in [0.5, 0.6) is 5.75 Å². The minimum absolute atomic E-state index is 0.00577. The molecule has 63 heavy (non-hydrogen) atoms. The molecule has 0 N–H and O–H groups in total. The fraction of sp³-hybridized carbons (Fsp3) is 0.750. The predicted octanol–water partition coefficient (Wildman–Crippen LogP) is 18.3.